The molecule has 3 aliphatic rings. The number of hydrogen-bond acceptors (Lipinski definition) is 4. The minimum Gasteiger partial charge on any atom is -0.310 e. The number of nitrogens with zero attached hydrogens (tertiary/aromatic N) is 4. The maximum Gasteiger partial charge on any atom is 0.0502 e. The van der Waals surface area contributed by atoms with Gasteiger partial charge in [0.15, 0.2) is 0 Å². The van der Waals surface area contributed by atoms with Gasteiger partial charge in [0.05, 0.1) is 34.1 Å². The van der Waals surface area contributed by atoms with E-state index in [9.17, 15) is 0 Å². The van der Waals surface area contributed by atoms with Gasteiger partial charge in [-0.1, -0.05) is 151 Å². The van der Waals surface area contributed by atoms with E-state index in [0.717, 1.165) is 34.1 Å². The molecule has 0 aliphatic carbocycles. The first kappa shape index (κ1) is 40.7. The number of hydrogen-bond donors (Lipinski definition) is 0. The minimum absolute atomic E-state index is 0.123. The Morgan fingerprint density at radius 1 is 0.239 bits per heavy atom. The fourth-order valence-electron chi connectivity index (χ4n) is 11.5. The van der Waals surface area contributed by atoms with Gasteiger partial charge in [-0.05, 0) is 143 Å². The van der Waals surface area contributed by atoms with Crippen molar-refractivity contribution in [2.45, 2.75) is 57.8 Å². The quantitative estimate of drug-likeness (QED) is 0.165. The molecule has 4 heteroatoms. The van der Waals surface area contributed by atoms with E-state index in [2.05, 4.69) is 280 Å². The average molecular weight is 867 g/mol. The van der Waals surface area contributed by atoms with Crippen LogP contribution in [0.25, 0.3) is 0 Å². The summed E-state index contributed by atoms with van der Waals surface area (Å²) in [6.07, 6.45) is 0. The Labute approximate surface area is 395 Å². The molecule has 0 radical (unpaired) electrons. The van der Waals surface area contributed by atoms with E-state index in [4.69, 9.17) is 0 Å². The van der Waals surface area contributed by atoms with E-state index >= 15 is 0 Å². The van der Waals surface area contributed by atoms with Crippen molar-refractivity contribution in [1.29, 1.82) is 0 Å². The van der Waals surface area contributed by atoms with Crippen LogP contribution in [0, 0.1) is 0 Å². The van der Waals surface area contributed by atoms with Gasteiger partial charge >= 0.3 is 0 Å². The van der Waals surface area contributed by atoms with Crippen molar-refractivity contribution in [3.05, 3.63) is 252 Å². The molecule has 0 bridgehead atoms. The first-order valence-corrected chi connectivity index (χ1v) is 23.6. The molecule has 0 aromatic heterocycles. The Kier molecular flexibility index (Phi) is 9.18. The molecule has 0 saturated heterocycles. The van der Waals surface area contributed by atoms with Crippen LogP contribution in [-0.4, -0.2) is 0 Å². The molecular formula is C63H54N4. The van der Waals surface area contributed by atoms with Gasteiger partial charge in [-0.15, -0.1) is 0 Å². The summed E-state index contributed by atoms with van der Waals surface area (Å²) in [5.74, 6) is 0. The zero-order chi connectivity index (χ0) is 45.7. The van der Waals surface area contributed by atoms with Crippen molar-refractivity contribution in [3.8, 4) is 0 Å². The highest BCUT2D eigenvalue weighted by Crippen LogP contribution is 2.55. The van der Waals surface area contributed by atoms with Crippen molar-refractivity contribution in [2.75, 3.05) is 19.6 Å². The van der Waals surface area contributed by atoms with Gasteiger partial charge in [0.1, 0.15) is 0 Å². The zero-order valence-electron chi connectivity index (χ0n) is 39.1. The van der Waals surface area contributed by atoms with Crippen LogP contribution >= 0.6 is 0 Å². The van der Waals surface area contributed by atoms with Crippen LogP contribution in [0.15, 0.2) is 218 Å². The predicted molar refractivity (Wildman–Crippen MR) is 282 cm³/mol. The number of para-hydroxylation sites is 6. The van der Waals surface area contributed by atoms with Crippen LogP contribution in [0.2, 0.25) is 0 Å². The third kappa shape index (κ3) is 6.19. The van der Waals surface area contributed by atoms with Crippen molar-refractivity contribution in [3.63, 3.8) is 0 Å². The lowest BCUT2D eigenvalue weighted by Crippen LogP contribution is -2.30. The number of anilines is 12. The molecule has 3 heterocycles. The molecular weight excluding hydrogens is 813 g/mol. The largest absolute Gasteiger partial charge is 0.310 e. The van der Waals surface area contributed by atoms with Gasteiger partial charge in [0.2, 0.25) is 0 Å². The van der Waals surface area contributed by atoms with E-state index in [1.54, 1.807) is 0 Å². The summed E-state index contributed by atoms with van der Waals surface area (Å²) >= 11 is 0. The summed E-state index contributed by atoms with van der Waals surface area (Å²) < 4.78 is 0. The second kappa shape index (κ2) is 15.1. The van der Waals surface area contributed by atoms with E-state index in [1.807, 2.05) is 0 Å². The van der Waals surface area contributed by atoms with Gasteiger partial charge in [0.25, 0.3) is 0 Å². The number of fused-ring (bicyclic) bond motifs is 6. The van der Waals surface area contributed by atoms with E-state index in [0.29, 0.717) is 0 Å². The van der Waals surface area contributed by atoms with Crippen molar-refractivity contribution >= 4 is 68.2 Å². The van der Waals surface area contributed by atoms with Gasteiger partial charge in [0, 0.05) is 50.4 Å². The Balaban J connectivity index is 0.972. The topological polar surface area (TPSA) is 13.0 Å². The molecule has 0 spiro atoms. The summed E-state index contributed by atoms with van der Waals surface area (Å²) in [6.45, 7) is 14.0. The lowest BCUT2D eigenvalue weighted by Gasteiger charge is -2.42. The van der Waals surface area contributed by atoms with E-state index in [1.165, 1.54) is 67.5 Å². The van der Waals surface area contributed by atoms with Crippen LogP contribution in [0.5, 0.6) is 0 Å². The molecule has 3 aliphatic heterocycles. The van der Waals surface area contributed by atoms with Crippen LogP contribution < -0.4 is 19.6 Å². The molecule has 0 atom stereocenters. The van der Waals surface area contributed by atoms with Crippen LogP contribution in [0.1, 0.15) is 74.9 Å². The highest BCUT2D eigenvalue weighted by atomic mass is 15.2. The predicted octanol–water partition coefficient (Wildman–Crippen LogP) is 17.5. The lowest BCUT2D eigenvalue weighted by atomic mass is 9.73. The second-order valence-electron chi connectivity index (χ2n) is 19.9. The number of rotatable bonds is 6. The highest BCUT2D eigenvalue weighted by Gasteiger charge is 2.39. The molecule has 9 aromatic rings. The van der Waals surface area contributed by atoms with Gasteiger partial charge in [-0.3, -0.25) is 0 Å². The zero-order valence-corrected chi connectivity index (χ0v) is 39.1. The van der Waals surface area contributed by atoms with Crippen LogP contribution in [-0.2, 0) is 16.2 Å². The number of benzene rings is 9. The summed E-state index contributed by atoms with van der Waals surface area (Å²) in [5.41, 5.74) is 21.5. The molecule has 0 saturated carbocycles. The molecule has 12 rings (SSSR count). The molecule has 67 heavy (non-hydrogen) atoms. The monoisotopic (exact) mass is 866 g/mol. The average Bonchev–Trinajstić information content (AvgIpc) is 3.36. The molecule has 0 unspecified atom stereocenters. The smallest absolute Gasteiger partial charge is 0.0502 e. The Hall–Kier alpha value is -7.82. The Bertz CT molecular complexity index is 2840. The molecule has 9 aromatic carbocycles. The fourth-order valence-corrected chi connectivity index (χ4v) is 11.5. The van der Waals surface area contributed by atoms with Gasteiger partial charge in [-0.25, -0.2) is 0 Å². The SMILES string of the molecule is CC1(C)c2ccccc2N(c2ccc(N(c3ccc(N4c5ccccc5C(C)(C)c5ccccc54)cc3)c3ccc(N4c5ccccc5C(C)(C)c5ccccc54)cc3)cc2)c2ccccc21. The molecule has 0 amide bonds. The Morgan fingerprint density at radius 2 is 0.418 bits per heavy atom. The van der Waals surface area contributed by atoms with Crippen LogP contribution in [0.3, 0.4) is 0 Å². The van der Waals surface area contributed by atoms with Crippen molar-refractivity contribution in [1.82, 2.24) is 0 Å². The fraction of sp³-hybridized carbons (Fsp3) is 0.143. The summed E-state index contributed by atoms with van der Waals surface area (Å²) in [6, 6.07) is 80.5. The summed E-state index contributed by atoms with van der Waals surface area (Å²) in [7, 11) is 0. The van der Waals surface area contributed by atoms with Crippen molar-refractivity contribution in [2.24, 2.45) is 0 Å². The normalized spacial score (nSPS) is 15.6. The minimum atomic E-state index is -0.123. The van der Waals surface area contributed by atoms with E-state index < -0.39 is 0 Å². The Morgan fingerprint density at radius 3 is 0.612 bits per heavy atom. The summed E-state index contributed by atoms with van der Waals surface area (Å²) in [5, 5.41) is 0. The third-order valence-corrected chi connectivity index (χ3v) is 15.0. The van der Waals surface area contributed by atoms with Gasteiger partial charge in [-0.2, -0.15) is 0 Å². The second-order valence-corrected chi connectivity index (χ2v) is 19.9. The maximum absolute atomic E-state index is 2.43. The standard InChI is InChI=1S/C63H54N4/c1-61(2)49-19-7-13-25-55(49)65(56-26-14-8-20-50(56)61)46-37-31-43(32-38-46)64(44-33-39-47(40-34-44)66-57-27-15-9-21-51(57)62(3,4)52-22-10-16-28-58(52)66)45-35-41-48(42-36-45)67-59-29-17-11-23-53(59)63(5,6)54-24-12-18-30-60(54)67/h7-42H,1-6H3. The lowest BCUT2D eigenvalue weighted by molar-refractivity contribution is 0.632. The molecule has 0 N–H and O–H groups in total. The van der Waals surface area contributed by atoms with Crippen molar-refractivity contribution < 1.29 is 0 Å². The maximum atomic E-state index is 2.43. The molecule has 326 valence electrons. The van der Waals surface area contributed by atoms with Gasteiger partial charge < -0.3 is 19.6 Å². The molecule has 4 nitrogen and oxygen atoms in total. The third-order valence-electron chi connectivity index (χ3n) is 15.0. The molecule has 0 fully saturated rings. The highest BCUT2D eigenvalue weighted by molar-refractivity contribution is 5.91. The van der Waals surface area contributed by atoms with E-state index in [-0.39, 0.29) is 16.2 Å². The summed E-state index contributed by atoms with van der Waals surface area (Å²) in [4.78, 5) is 9.68. The first-order chi connectivity index (χ1) is 32.5. The first-order valence-electron chi connectivity index (χ1n) is 23.6. The van der Waals surface area contributed by atoms with Crippen LogP contribution in [0.4, 0.5) is 68.2 Å².